The average molecular weight is 328 g/mol. The Morgan fingerprint density at radius 1 is 1.53 bits per heavy atom. The summed E-state index contributed by atoms with van der Waals surface area (Å²) in [5, 5.41) is 0. The molecule has 0 spiro atoms. The van der Waals surface area contributed by atoms with Crippen LogP contribution in [-0.2, 0) is 7.86 Å². The first-order chi connectivity index (χ1) is 6.80. The molecule has 4 N–H and O–H groups in total. The van der Waals surface area contributed by atoms with Gasteiger partial charge in [-0.2, -0.15) is 0 Å². The van der Waals surface area contributed by atoms with Crippen LogP contribution in [0.15, 0.2) is 3.21 Å². The molecule has 4 unspecified atom stereocenters. The molecule has 5 nitrogen and oxygen atoms in total. The second-order valence-corrected chi connectivity index (χ2v) is 8.49. The van der Waals surface area contributed by atoms with Crippen LogP contribution in [0.1, 0.15) is 20.8 Å². The van der Waals surface area contributed by atoms with Gasteiger partial charge in [-0.3, -0.25) is 0 Å². The van der Waals surface area contributed by atoms with Crippen LogP contribution in [0.4, 0.5) is 0 Å². The molecule has 1 aliphatic rings. The van der Waals surface area contributed by atoms with Crippen molar-refractivity contribution in [2.45, 2.75) is 26.9 Å². The normalized spacial score (nSPS) is 34.5. The molecular weight excluding hydrogens is 309 g/mol. The zero-order chi connectivity index (χ0) is 11.8. The molecule has 0 heterocycles. The number of rotatable bonds is 4. The number of hydrogen-bond donors (Lipinski definition) is 2. The summed E-state index contributed by atoms with van der Waals surface area (Å²) in [5.41, 5.74) is 0. The van der Waals surface area contributed by atoms with Crippen molar-refractivity contribution in [2.24, 2.45) is 28.9 Å². The topological polar surface area (TPSA) is 90.7 Å². The van der Waals surface area contributed by atoms with E-state index in [1.54, 1.807) is 0 Å². The van der Waals surface area contributed by atoms with Crippen LogP contribution in [0.2, 0.25) is 0 Å². The fraction of sp³-hybridized carbons (Fsp3) is 0.778. The molecule has 15 heavy (non-hydrogen) atoms. The molecule has 90 valence electrons. The molecular formula is C9H19IN3O2-. The van der Waals surface area contributed by atoms with E-state index in [4.69, 9.17) is 11.0 Å². The first-order valence-electron chi connectivity index (χ1n) is 4.83. The van der Waals surface area contributed by atoms with Gasteiger partial charge in [0.2, 0.25) is 0 Å². The first-order valence-corrected chi connectivity index (χ1v) is 9.16. The van der Waals surface area contributed by atoms with E-state index in [0.717, 1.165) is 0 Å². The number of carbonyl (C=O) groups excluding carboxylic acids is 1. The fourth-order valence-corrected chi connectivity index (χ4v) is 3.74. The predicted octanol–water partition coefficient (Wildman–Crippen LogP) is -2.70. The van der Waals surface area contributed by atoms with Gasteiger partial charge in [0.1, 0.15) is 0 Å². The van der Waals surface area contributed by atoms with Crippen molar-refractivity contribution in [1.82, 2.24) is 0 Å². The van der Waals surface area contributed by atoms with Crippen molar-refractivity contribution in [2.75, 3.05) is 0 Å². The van der Waals surface area contributed by atoms with Gasteiger partial charge in [-0.15, -0.1) is 0 Å². The maximum atomic E-state index is 11.6. The summed E-state index contributed by atoms with van der Waals surface area (Å²) in [5.74, 6) is 0.594. The van der Waals surface area contributed by atoms with Gasteiger partial charge in [-0.05, 0) is 0 Å². The van der Waals surface area contributed by atoms with Gasteiger partial charge < -0.3 is 0 Å². The van der Waals surface area contributed by atoms with Gasteiger partial charge in [0.05, 0.1) is 0 Å². The van der Waals surface area contributed by atoms with Gasteiger partial charge >= 0.3 is 95.8 Å². The van der Waals surface area contributed by atoms with E-state index in [0.29, 0.717) is 5.92 Å². The van der Waals surface area contributed by atoms with Gasteiger partial charge in [-0.25, -0.2) is 0 Å². The first kappa shape index (κ1) is 13.0. The van der Waals surface area contributed by atoms with Crippen molar-refractivity contribution in [3.05, 3.63) is 0 Å². The second-order valence-electron chi connectivity index (χ2n) is 4.06. The predicted molar refractivity (Wildman–Crippen MR) is 55.3 cm³/mol. The molecule has 4 atom stereocenters. The summed E-state index contributed by atoms with van der Waals surface area (Å²) < 4.78 is 20.4. The van der Waals surface area contributed by atoms with E-state index < -0.39 is 19.7 Å². The third kappa shape index (κ3) is 2.55. The van der Waals surface area contributed by atoms with Gasteiger partial charge in [-0.1, -0.05) is 0 Å². The summed E-state index contributed by atoms with van der Waals surface area (Å²) in [7, 11) is 0. The summed E-state index contributed by atoms with van der Waals surface area (Å²) in [6, 6.07) is 0. The number of nitrogens with zero attached hydrogens (tertiary/aromatic N) is 1. The Kier molecular flexibility index (Phi) is 3.85. The standard InChI is InChI=1S/C9H19IN3O2/c1-5-6(2)9(14)8(5)7(3)15-10(11,12)13-4/h5-8H,4,11-12H2,1-3H3/q-1. The van der Waals surface area contributed by atoms with E-state index in [1.165, 1.54) is 0 Å². The molecule has 0 aromatic rings. The zero-order valence-electron chi connectivity index (χ0n) is 9.31. The SMILES string of the molecule is C=N[I-](N)(N)OC(C)C1C(=O)C(C)C1C. The Bertz CT molecular complexity index is 283. The Morgan fingerprint density at radius 3 is 2.47 bits per heavy atom. The van der Waals surface area contributed by atoms with Crippen LogP contribution in [-0.4, -0.2) is 18.6 Å². The van der Waals surface area contributed by atoms with E-state index in [9.17, 15) is 4.79 Å². The molecule has 1 aliphatic carbocycles. The van der Waals surface area contributed by atoms with Crippen molar-refractivity contribution < 1.29 is 27.5 Å². The van der Waals surface area contributed by atoms with Gasteiger partial charge in [0.25, 0.3) is 0 Å². The second kappa shape index (κ2) is 4.44. The summed E-state index contributed by atoms with van der Waals surface area (Å²) in [6.07, 6.45) is -0.249. The number of carbonyl (C=O) groups is 1. The Morgan fingerprint density at radius 2 is 2.07 bits per heavy atom. The van der Waals surface area contributed by atoms with E-state index >= 15 is 0 Å². The van der Waals surface area contributed by atoms with E-state index in [1.807, 2.05) is 20.8 Å². The van der Waals surface area contributed by atoms with Crippen LogP contribution >= 0.6 is 0 Å². The van der Waals surface area contributed by atoms with Crippen molar-refractivity contribution >= 4 is 12.5 Å². The molecule has 1 rings (SSSR count). The fourth-order valence-electron chi connectivity index (χ4n) is 1.98. The minimum absolute atomic E-state index is 0.0863. The monoisotopic (exact) mass is 328 g/mol. The minimum atomic E-state index is -3.42. The number of nitrogens with two attached hydrogens (primary N) is 2. The maximum absolute atomic E-state index is 11.6. The van der Waals surface area contributed by atoms with Gasteiger partial charge in [0.15, 0.2) is 0 Å². The molecule has 0 aliphatic heterocycles. The van der Waals surface area contributed by atoms with Crippen LogP contribution in [0, 0.1) is 17.8 Å². The summed E-state index contributed by atoms with van der Waals surface area (Å²) in [4.78, 5) is 11.6. The van der Waals surface area contributed by atoms with E-state index in [-0.39, 0.29) is 23.7 Å². The third-order valence-electron chi connectivity index (χ3n) is 3.11. The van der Waals surface area contributed by atoms with Crippen LogP contribution in [0.3, 0.4) is 0 Å². The zero-order valence-corrected chi connectivity index (χ0v) is 11.5. The molecule has 0 bridgehead atoms. The molecule has 0 amide bonds. The molecule has 0 aromatic heterocycles. The van der Waals surface area contributed by atoms with Crippen LogP contribution < -0.4 is 27.6 Å². The number of Topliss-reactive ketones (excluding diaryl/α,β-unsaturated/α-hetero) is 1. The number of hydrogen-bond acceptors (Lipinski definition) is 5. The molecule has 1 fully saturated rings. The third-order valence-corrected chi connectivity index (χ3v) is 5.79. The van der Waals surface area contributed by atoms with Gasteiger partial charge in [0, 0.05) is 0 Å². The molecule has 6 heteroatoms. The Balaban J connectivity index is 2.59. The summed E-state index contributed by atoms with van der Waals surface area (Å²) >= 11 is -3.42. The van der Waals surface area contributed by atoms with Crippen LogP contribution in [0.25, 0.3) is 0 Å². The Labute approximate surface area is 95.8 Å². The number of halogens is 1. The van der Waals surface area contributed by atoms with E-state index in [2.05, 4.69) is 9.92 Å². The molecule has 0 radical (unpaired) electrons. The number of ketones is 1. The van der Waals surface area contributed by atoms with Crippen LogP contribution in [0.5, 0.6) is 0 Å². The molecule has 0 saturated heterocycles. The average Bonchev–Trinajstić information content (AvgIpc) is 2.16. The van der Waals surface area contributed by atoms with Crippen molar-refractivity contribution in [1.29, 1.82) is 0 Å². The Hall–Kier alpha value is -0.0500. The van der Waals surface area contributed by atoms with Crippen molar-refractivity contribution in [3.63, 3.8) is 0 Å². The van der Waals surface area contributed by atoms with Crippen molar-refractivity contribution in [3.8, 4) is 0 Å². The quantitative estimate of drug-likeness (QED) is 0.334. The molecule has 1 saturated carbocycles. The molecule has 0 aromatic carbocycles. The summed E-state index contributed by atoms with van der Waals surface area (Å²) in [6.45, 7) is 9.11.